The summed E-state index contributed by atoms with van der Waals surface area (Å²) in [5.74, 6) is 0. The Morgan fingerprint density at radius 3 is 2.26 bits per heavy atom. The van der Waals surface area contributed by atoms with Gasteiger partial charge in [0, 0.05) is 13.7 Å². The molecule has 0 saturated heterocycles. The number of sulfonamides is 1. The van der Waals surface area contributed by atoms with Gasteiger partial charge in [-0.1, -0.05) is 30.3 Å². The highest BCUT2D eigenvalue weighted by Gasteiger charge is 2.28. The molecule has 0 heterocycles. The maximum atomic E-state index is 12.8. The summed E-state index contributed by atoms with van der Waals surface area (Å²) in [6, 6.07) is 16.5. The van der Waals surface area contributed by atoms with Crippen LogP contribution >= 0.6 is 0 Å². The smallest absolute Gasteiger partial charge is 0.243 e. The predicted octanol–water partition coefficient (Wildman–Crippen LogP) is 2.30. The van der Waals surface area contributed by atoms with Gasteiger partial charge < -0.3 is 5.11 Å². The lowest BCUT2D eigenvalue weighted by atomic mass is 10.0. The second-order valence-electron chi connectivity index (χ2n) is 5.10. The topological polar surface area (TPSA) is 81.4 Å². The van der Waals surface area contributed by atoms with Gasteiger partial charge in [-0.25, -0.2) is 8.42 Å². The van der Waals surface area contributed by atoms with Crippen LogP contribution in [0.2, 0.25) is 0 Å². The molecule has 0 fully saturated rings. The number of rotatable bonds is 6. The van der Waals surface area contributed by atoms with Crippen LogP contribution in [0.25, 0.3) is 0 Å². The van der Waals surface area contributed by atoms with E-state index < -0.39 is 16.1 Å². The average molecular weight is 330 g/mol. The molecular weight excluding hydrogens is 312 g/mol. The van der Waals surface area contributed by atoms with Gasteiger partial charge in [0.15, 0.2) is 0 Å². The third kappa shape index (κ3) is 3.77. The quantitative estimate of drug-likeness (QED) is 0.881. The van der Waals surface area contributed by atoms with Crippen molar-refractivity contribution in [3.8, 4) is 6.07 Å². The van der Waals surface area contributed by atoms with Crippen LogP contribution in [0.5, 0.6) is 0 Å². The molecule has 0 aliphatic carbocycles. The zero-order chi connectivity index (χ0) is 16.9. The van der Waals surface area contributed by atoms with Gasteiger partial charge in [-0.3, -0.25) is 0 Å². The number of aliphatic hydroxyl groups is 1. The van der Waals surface area contributed by atoms with E-state index in [1.165, 1.54) is 35.6 Å². The molecular formula is C17H18N2O3S. The van der Waals surface area contributed by atoms with Crippen LogP contribution < -0.4 is 0 Å². The van der Waals surface area contributed by atoms with E-state index in [-0.39, 0.29) is 11.5 Å². The van der Waals surface area contributed by atoms with Crippen LogP contribution in [0.4, 0.5) is 0 Å². The van der Waals surface area contributed by atoms with Gasteiger partial charge >= 0.3 is 0 Å². The second kappa shape index (κ2) is 7.38. The number of nitrogens with zero attached hydrogens (tertiary/aromatic N) is 2. The second-order valence-corrected chi connectivity index (χ2v) is 7.09. The molecule has 1 N–H and O–H groups in total. The molecule has 2 aromatic rings. The Hall–Kier alpha value is -2.20. The van der Waals surface area contributed by atoms with Crippen molar-refractivity contribution >= 4 is 10.0 Å². The van der Waals surface area contributed by atoms with Gasteiger partial charge in [-0.2, -0.15) is 9.57 Å². The summed E-state index contributed by atoms with van der Waals surface area (Å²) in [7, 11) is -2.22. The van der Waals surface area contributed by atoms with E-state index in [4.69, 9.17) is 5.26 Å². The third-order valence-corrected chi connectivity index (χ3v) is 5.57. The van der Waals surface area contributed by atoms with E-state index in [9.17, 15) is 13.5 Å². The van der Waals surface area contributed by atoms with Gasteiger partial charge in [-0.05, 0) is 36.2 Å². The number of hydrogen-bond acceptors (Lipinski definition) is 4. The molecule has 0 bridgehead atoms. The largest absolute Gasteiger partial charge is 0.396 e. The van der Waals surface area contributed by atoms with E-state index in [0.717, 1.165) is 5.56 Å². The first-order valence-corrected chi connectivity index (χ1v) is 8.58. The minimum absolute atomic E-state index is 0.118. The number of aliphatic hydroxyl groups excluding tert-OH is 1. The molecule has 120 valence electrons. The minimum Gasteiger partial charge on any atom is -0.396 e. The number of hydrogen-bond donors (Lipinski definition) is 1. The van der Waals surface area contributed by atoms with Crippen LogP contribution in [0.15, 0.2) is 59.5 Å². The van der Waals surface area contributed by atoms with E-state index in [1.54, 1.807) is 0 Å². The Bertz CT molecular complexity index is 781. The van der Waals surface area contributed by atoms with E-state index in [1.807, 2.05) is 36.4 Å². The van der Waals surface area contributed by atoms with Crippen LogP contribution in [0.1, 0.15) is 23.6 Å². The van der Waals surface area contributed by atoms with E-state index in [2.05, 4.69) is 0 Å². The summed E-state index contributed by atoms with van der Waals surface area (Å²) in [6.45, 7) is -0.118. The summed E-state index contributed by atoms with van der Waals surface area (Å²) in [4.78, 5) is 0.123. The lowest BCUT2D eigenvalue weighted by Crippen LogP contribution is -2.32. The van der Waals surface area contributed by atoms with Crippen LogP contribution in [0.3, 0.4) is 0 Å². The molecule has 1 atom stereocenters. The first kappa shape index (κ1) is 17.2. The Kier molecular flexibility index (Phi) is 5.50. The van der Waals surface area contributed by atoms with Gasteiger partial charge in [0.25, 0.3) is 0 Å². The average Bonchev–Trinajstić information content (AvgIpc) is 2.60. The first-order valence-electron chi connectivity index (χ1n) is 7.14. The predicted molar refractivity (Wildman–Crippen MR) is 87.0 cm³/mol. The SMILES string of the molecule is CN(C(CCO)c1ccccc1)S(=O)(=O)c1ccc(C#N)cc1. The summed E-state index contributed by atoms with van der Waals surface area (Å²) in [5, 5.41) is 18.1. The van der Waals surface area contributed by atoms with Crippen LogP contribution in [-0.2, 0) is 10.0 Å². The molecule has 0 spiro atoms. The number of nitriles is 1. The van der Waals surface area contributed by atoms with Crippen molar-refractivity contribution in [3.05, 3.63) is 65.7 Å². The number of benzene rings is 2. The van der Waals surface area contributed by atoms with Gasteiger partial charge in [0.1, 0.15) is 0 Å². The highest BCUT2D eigenvalue weighted by molar-refractivity contribution is 7.89. The summed E-state index contributed by atoms with van der Waals surface area (Å²) in [5.41, 5.74) is 1.22. The normalized spacial score (nSPS) is 12.8. The Morgan fingerprint density at radius 1 is 1.13 bits per heavy atom. The first-order chi connectivity index (χ1) is 11.0. The van der Waals surface area contributed by atoms with Crippen molar-refractivity contribution < 1.29 is 13.5 Å². The summed E-state index contributed by atoms with van der Waals surface area (Å²) in [6.07, 6.45) is 0.302. The lowest BCUT2D eigenvalue weighted by Gasteiger charge is -2.27. The highest BCUT2D eigenvalue weighted by Crippen LogP contribution is 2.28. The lowest BCUT2D eigenvalue weighted by molar-refractivity contribution is 0.240. The highest BCUT2D eigenvalue weighted by atomic mass is 32.2. The molecule has 0 aliphatic heterocycles. The Labute approximate surface area is 136 Å². The summed E-state index contributed by atoms with van der Waals surface area (Å²) < 4.78 is 26.8. The molecule has 0 radical (unpaired) electrons. The van der Waals surface area contributed by atoms with E-state index in [0.29, 0.717) is 12.0 Å². The third-order valence-electron chi connectivity index (χ3n) is 3.69. The molecule has 5 nitrogen and oxygen atoms in total. The van der Waals surface area contributed by atoms with Crippen molar-refractivity contribution in [3.63, 3.8) is 0 Å². The van der Waals surface area contributed by atoms with Gasteiger partial charge in [0.2, 0.25) is 10.0 Å². The summed E-state index contributed by atoms with van der Waals surface area (Å²) >= 11 is 0. The zero-order valence-electron chi connectivity index (χ0n) is 12.8. The van der Waals surface area contributed by atoms with Crippen LogP contribution in [0, 0.1) is 11.3 Å². The monoisotopic (exact) mass is 330 g/mol. The molecule has 6 heteroatoms. The zero-order valence-corrected chi connectivity index (χ0v) is 13.6. The van der Waals surface area contributed by atoms with Crippen molar-refractivity contribution in [2.75, 3.05) is 13.7 Å². The van der Waals surface area contributed by atoms with E-state index >= 15 is 0 Å². The molecule has 0 saturated carbocycles. The molecule has 0 amide bonds. The Balaban J connectivity index is 2.37. The van der Waals surface area contributed by atoms with Crippen molar-refractivity contribution in [1.29, 1.82) is 5.26 Å². The fraction of sp³-hybridized carbons (Fsp3) is 0.235. The fourth-order valence-corrected chi connectivity index (χ4v) is 3.77. The van der Waals surface area contributed by atoms with Crippen LogP contribution in [-0.4, -0.2) is 31.5 Å². The Morgan fingerprint density at radius 2 is 1.74 bits per heavy atom. The molecule has 0 aromatic heterocycles. The maximum absolute atomic E-state index is 12.8. The molecule has 2 aromatic carbocycles. The van der Waals surface area contributed by atoms with Crippen molar-refractivity contribution in [2.24, 2.45) is 0 Å². The minimum atomic E-state index is -3.72. The van der Waals surface area contributed by atoms with Crippen molar-refractivity contribution in [1.82, 2.24) is 4.31 Å². The molecule has 0 aliphatic rings. The molecule has 1 unspecified atom stereocenters. The maximum Gasteiger partial charge on any atom is 0.243 e. The standard InChI is InChI=1S/C17H18N2O3S/c1-19(17(11-12-20)15-5-3-2-4-6-15)23(21,22)16-9-7-14(13-18)8-10-16/h2-10,17,20H,11-12H2,1H3. The fourth-order valence-electron chi connectivity index (χ4n) is 2.39. The van der Waals surface area contributed by atoms with Gasteiger partial charge in [-0.15, -0.1) is 0 Å². The molecule has 2 rings (SSSR count). The molecule has 23 heavy (non-hydrogen) atoms. The van der Waals surface area contributed by atoms with Gasteiger partial charge in [0.05, 0.1) is 22.6 Å². The van der Waals surface area contributed by atoms with Crippen molar-refractivity contribution in [2.45, 2.75) is 17.4 Å².